The minimum absolute atomic E-state index is 0.00421. The summed E-state index contributed by atoms with van der Waals surface area (Å²) in [5.74, 6) is 0.393. The molecular weight excluding hydrogens is 422 g/mol. The molecule has 1 unspecified atom stereocenters. The first-order valence-corrected chi connectivity index (χ1v) is 11.3. The van der Waals surface area contributed by atoms with Gasteiger partial charge in [-0.15, -0.1) is 0 Å². The van der Waals surface area contributed by atoms with Crippen molar-refractivity contribution in [3.8, 4) is 11.5 Å². The minimum atomic E-state index is -3.93. The number of rotatable bonds is 6. The lowest BCUT2D eigenvalue weighted by Crippen LogP contribution is -2.45. The van der Waals surface area contributed by atoms with E-state index in [2.05, 4.69) is 10.6 Å². The number of ether oxygens (including phenoxy) is 2. The number of methoxy groups -OCH3 is 1. The number of sulfonamides is 1. The molecule has 0 saturated carbocycles. The molecule has 0 radical (unpaired) electrons. The first-order chi connectivity index (χ1) is 14.9. The third-order valence-electron chi connectivity index (χ3n) is 5.30. The van der Waals surface area contributed by atoms with Gasteiger partial charge in [-0.2, -0.15) is 4.31 Å². The number of carbonyl (C=O) groups is 2. The van der Waals surface area contributed by atoms with Gasteiger partial charge in [-0.05, 0) is 48.7 Å². The second-order valence-electron chi connectivity index (χ2n) is 7.34. The highest BCUT2D eigenvalue weighted by Gasteiger charge is 2.39. The van der Waals surface area contributed by atoms with Crippen molar-refractivity contribution in [1.29, 1.82) is 0 Å². The van der Waals surface area contributed by atoms with Gasteiger partial charge in [0.25, 0.3) is 5.91 Å². The molecule has 4 rings (SSSR count). The third-order valence-corrected chi connectivity index (χ3v) is 7.20. The Morgan fingerprint density at radius 1 is 1.29 bits per heavy atom. The quantitative estimate of drug-likeness (QED) is 0.697. The Hall–Kier alpha value is -3.11. The van der Waals surface area contributed by atoms with E-state index in [0.29, 0.717) is 30.0 Å². The molecule has 1 atom stereocenters. The maximum absolute atomic E-state index is 13.3. The van der Waals surface area contributed by atoms with E-state index in [0.717, 1.165) is 5.56 Å². The van der Waals surface area contributed by atoms with Crippen molar-refractivity contribution in [1.82, 2.24) is 9.62 Å². The van der Waals surface area contributed by atoms with Crippen LogP contribution < -0.4 is 20.1 Å². The maximum atomic E-state index is 13.3. The molecule has 2 aliphatic rings. The molecule has 0 spiro atoms. The predicted octanol–water partition coefficient (Wildman–Crippen LogP) is 1.50. The Kier molecular flexibility index (Phi) is 5.84. The number of anilines is 1. The summed E-state index contributed by atoms with van der Waals surface area (Å²) in [6.45, 7) is 0.406. The van der Waals surface area contributed by atoms with Gasteiger partial charge in [-0.3, -0.25) is 9.59 Å². The summed E-state index contributed by atoms with van der Waals surface area (Å²) in [4.78, 5) is 24.4. The molecule has 0 bridgehead atoms. The second-order valence-corrected chi connectivity index (χ2v) is 9.23. The van der Waals surface area contributed by atoms with E-state index in [9.17, 15) is 18.0 Å². The number of carbonyl (C=O) groups excluding carboxylic acids is 2. The molecule has 2 amide bonds. The Bertz CT molecular complexity index is 1120. The fourth-order valence-electron chi connectivity index (χ4n) is 3.74. The van der Waals surface area contributed by atoms with E-state index in [1.165, 1.54) is 22.5 Å². The lowest BCUT2D eigenvalue weighted by molar-refractivity contribution is -0.124. The fraction of sp³-hybridized carbons (Fsp3) is 0.333. The first kappa shape index (κ1) is 21.1. The Morgan fingerprint density at radius 2 is 2.13 bits per heavy atom. The van der Waals surface area contributed by atoms with Crippen molar-refractivity contribution < 1.29 is 27.5 Å². The lowest BCUT2D eigenvalue weighted by Gasteiger charge is -2.24. The van der Waals surface area contributed by atoms with Crippen molar-refractivity contribution in [3.63, 3.8) is 0 Å². The third kappa shape index (κ3) is 4.35. The molecule has 31 heavy (non-hydrogen) atoms. The predicted molar refractivity (Wildman–Crippen MR) is 112 cm³/mol. The summed E-state index contributed by atoms with van der Waals surface area (Å²) >= 11 is 0. The average Bonchev–Trinajstić information content (AvgIpc) is 3.28. The standard InChI is InChI=1S/C21H23N3O6S/c1-29-15-5-2-4-14(10-15)12-22-21(26)18-6-3-9-24(18)31(27,28)16-7-8-19-17(11-16)23-20(25)13-30-19/h2,4-5,7-8,10-11,18H,3,6,9,12-13H2,1H3,(H,22,26)(H,23,25). The average molecular weight is 445 g/mol. The number of nitrogens with zero attached hydrogens (tertiary/aromatic N) is 1. The van der Waals surface area contributed by atoms with Crippen LogP contribution in [0.2, 0.25) is 0 Å². The Morgan fingerprint density at radius 3 is 2.94 bits per heavy atom. The highest BCUT2D eigenvalue weighted by atomic mass is 32.2. The van der Waals surface area contributed by atoms with Gasteiger partial charge in [0.1, 0.15) is 17.5 Å². The van der Waals surface area contributed by atoms with Gasteiger partial charge in [0, 0.05) is 13.1 Å². The van der Waals surface area contributed by atoms with Crippen molar-refractivity contribution in [2.24, 2.45) is 0 Å². The summed E-state index contributed by atoms with van der Waals surface area (Å²) in [6.07, 6.45) is 1.02. The summed E-state index contributed by atoms with van der Waals surface area (Å²) < 4.78 is 38.2. The maximum Gasteiger partial charge on any atom is 0.262 e. The number of fused-ring (bicyclic) bond motifs is 1. The number of hydrogen-bond donors (Lipinski definition) is 2. The first-order valence-electron chi connectivity index (χ1n) is 9.87. The summed E-state index contributed by atoms with van der Waals surface area (Å²) in [7, 11) is -2.37. The zero-order valence-electron chi connectivity index (χ0n) is 17.0. The largest absolute Gasteiger partial charge is 0.497 e. The highest BCUT2D eigenvalue weighted by molar-refractivity contribution is 7.89. The highest BCUT2D eigenvalue weighted by Crippen LogP contribution is 2.33. The van der Waals surface area contributed by atoms with Crippen LogP contribution in [0.4, 0.5) is 5.69 Å². The van der Waals surface area contributed by atoms with Crippen molar-refractivity contribution in [2.75, 3.05) is 25.6 Å². The zero-order chi connectivity index (χ0) is 22.0. The molecule has 2 aliphatic heterocycles. The van der Waals surface area contributed by atoms with E-state index in [-0.39, 0.29) is 36.4 Å². The van der Waals surface area contributed by atoms with E-state index < -0.39 is 16.1 Å². The van der Waals surface area contributed by atoms with Crippen molar-refractivity contribution >= 4 is 27.5 Å². The molecule has 164 valence electrons. The topological polar surface area (TPSA) is 114 Å². The van der Waals surface area contributed by atoms with Crippen LogP contribution in [0.25, 0.3) is 0 Å². The number of hydrogen-bond acceptors (Lipinski definition) is 6. The van der Waals surface area contributed by atoms with E-state index in [4.69, 9.17) is 9.47 Å². The molecule has 1 saturated heterocycles. The van der Waals surface area contributed by atoms with Gasteiger partial charge in [-0.1, -0.05) is 12.1 Å². The van der Waals surface area contributed by atoms with Crippen LogP contribution in [-0.4, -0.2) is 50.8 Å². The monoisotopic (exact) mass is 445 g/mol. The van der Waals surface area contributed by atoms with Crippen LogP contribution in [0.1, 0.15) is 18.4 Å². The molecule has 2 N–H and O–H groups in total. The summed E-state index contributed by atoms with van der Waals surface area (Å²) in [6, 6.07) is 10.8. The lowest BCUT2D eigenvalue weighted by atomic mass is 10.2. The number of amides is 2. The molecular formula is C21H23N3O6S. The van der Waals surface area contributed by atoms with Crippen LogP contribution in [0.15, 0.2) is 47.4 Å². The van der Waals surface area contributed by atoms with Crippen LogP contribution in [0, 0.1) is 0 Å². The fourth-order valence-corrected chi connectivity index (χ4v) is 5.42. The van der Waals surface area contributed by atoms with E-state index >= 15 is 0 Å². The molecule has 9 nitrogen and oxygen atoms in total. The minimum Gasteiger partial charge on any atom is -0.497 e. The summed E-state index contributed by atoms with van der Waals surface area (Å²) in [5.41, 5.74) is 1.15. The molecule has 1 fully saturated rings. The van der Waals surface area contributed by atoms with Crippen LogP contribution >= 0.6 is 0 Å². The van der Waals surface area contributed by atoms with Gasteiger partial charge in [-0.25, -0.2) is 8.42 Å². The molecule has 2 aromatic rings. The van der Waals surface area contributed by atoms with Crippen molar-refractivity contribution in [2.45, 2.75) is 30.3 Å². The molecule has 2 heterocycles. The number of nitrogens with one attached hydrogen (secondary N) is 2. The SMILES string of the molecule is COc1cccc(CNC(=O)C2CCCN2S(=O)(=O)c2ccc3c(c2)NC(=O)CO3)c1. The molecule has 10 heteroatoms. The van der Waals surface area contributed by atoms with Gasteiger partial charge in [0.15, 0.2) is 6.61 Å². The normalized spacial score (nSPS) is 18.6. The van der Waals surface area contributed by atoms with E-state index in [1.807, 2.05) is 24.3 Å². The number of benzene rings is 2. The Labute approximate surface area is 180 Å². The van der Waals surface area contributed by atoms with Gasteiger partial charge < -0.3 is 20.1 Å². The zero-order valence-corrected chi connectivity index (χ0v) is 17.8. The van der Waals surface area contributed by atoms with Crippen LogP contribution in [0.3, 0.4) is 0 Å². The van der Waals surface area contributed by atoms with Gasteiger partial charge in [0.05, 0.1) is 17.7 Å². The van der Waals surface area contributed by atoms with Crippen LogP contribution in [0.5, 0.6) is 11.5 Å². The van der Waals surface area contributed by atoms with Crippen molar-refractivity contribution in [3.05, 3.63) is 48.0 Å². The molecule has 0 aromatic heterocycles. The smallest absolute Gasteiger partial charge is 0.262 e. The van der Waals surface area contributed by atoms with Crippen LogP contribution in [-0.2, 0) is 26.2 Å². The van der Waals surface area contributed by atoms with E-state index in [1.54, 1.807) is 7.11 Å². The molecule has 0 aliphatic carbocycles. The summed E-state index contributed by atoms with van der Waals surface area (Å²) in [5, 5.41) is 5.43. The molecule has 2 aromatic carbocycles. The Balaban J connectivity index is 1.50. The van der Waals surface area contributed by atoms with Gasteiger partial charge >= 0.3 is 0 Å². The van der Waals surface area contributed by atoms with Gasteiger partial charge in [0.2, 0.25) is 15.9 Å². The second kappa shape index (κ2) is 8.56.